The van der Waals surface area contributed by atoms with Crippen LogP contribution < -0.4 is 10.7 Å². The van der Waals surface area contributed by atoms with E-state index in [0.29, 0.717) is 13.0 Å². The molecule has 0 spiro atoms. The van der Waals surface area contributed by atoms with Gasteiger partial charge in [0.15, 0.2) is 0 Å². The molecule has 1 aromatic heterocycles. The van der Waals surface area contributed by atoms with Gasteiger partial charge in [-0.05, 0) is 47.9 Å². The zero-order chi connectivity index (χ0) is 19.2. The fourth-order valence-corrected chi connectivity index (χ4v) is 5.12. The Morgan fingerprint density at radius 1 is 1.37 bits per heavy atom. The van der Waals surface area contributed by atoms with E-state index in [1.807, 2.05) is 13.0 Å². The zero-order valence-electron chi connectivity index (χ0n) is 15.8. The summed E-state index contributed by atoms with van der Waals surface area (Å²) in [4.78, 5) is 26.3. The van der Waals surface area contributed by atoms with Crippen LogP contribution in [0, 0.1) is 5.92 Å². The predicted molar refractivity (Wildman–Crippen MR) is 108 cm³/mol. The number of carbonyl (C=O) groups excluding carboxylic acids is 2. The Bertz CT molecular complexity index is 958. The van der Waals surface area contributed by atoms with E-state index in [2.05, 4.69) is 54.0 Å². The summed E-state index contributed by atoms with van der Waals surface area (Å²) in [5.74, 6) is -0.403. The maximum Gasteiger partial charge on any atom is 0.261 e. The van der Waals surface area contributed by atoms with Gasteiger partial charge in [-0.25, -0.2) is 5.43 Å². The Hall–Kier alpha value is -2.47. The molecule has 0 radical (unpaired) electrons. The molecule has 1 aliphatic carbocycles. The van der Waals surface area contributed by atoms with Crippen LogP contribution in [0.25, 0.3) is 10.4 Å². The molecule has 2 N–H and O–H groups in total. The Kier molecular flexibility index (Phi) is 4.38. The highest BCUT2D eigenvalue weighted by molar-refractivity contribution is 7.17. The standard InChI is InChI=1S/C21H23N3O2S/c1-12-14(19(25)24-23-12)8-9-22-20(26)17-10-13-11-21(2,3)16-7-5-4-6-15(16)18(13)27-17/h4-7,10,14H,8-9,11H2,1-3H3,(H,22,26)(H,24,25). The van der Waals surface area contributed by atoms with Crippen LogP contribution in [0.5, 0.6) is 0 Å². The van der Waals surface area contributed by atoms with Crippen LogP contribution in [0.1, 0.15) is 48.0 Å². The number of nitrogens with zero attached hydrogens (tertiary/aromatic N) is 1. The van der Waals surface area contributed by atoms with Crippen LogP contribution in [0.4, 0.5) is 0 Å². The molecule has 0 fully saturated rings. The SMILES string of the molecule is CC1=NNC(=O)C1CCNC(=O)c1cc2c(s1)-c1ccccc1C(C)(C)C2. The highest BCUT2D eigenvalue weighted by Gasteiger charge is 2.33. The average Bonchev–Trinajstić information content (AvgIpc) is 3.19. The van der Waals surface area contributed by atoms with E-state index >= 15 is 0 Å². The van der Waals surface area contributed by atoms with Crippen molar-refractivity contribution in [2.75, 3.05) is 6.54 Å². The Labute approximate surface area is 162 Å². The number of fused-ring (bicyclic) bond motifs is 3. The van der Waals surface area contributed by atoms with Gasteiger partial charge in [0.05, 0.1) is 10.8 Å². The monoisotopic (exact) mass is 381 g/mol. The van der Waals surface area contributed by atoms with Crippen LogP contribution in [-0.4, -0.2) is 24.1 Å². The quantitative estimate of drug-likeness (QED) is 0.851. The first-order chi connectivity index (χ1) is 12.9. The van der Waals surface area contributed by atoms with Gasteiger partial charge in [-0.1, -0.05) is 38.1 Å². The number of hydrogen-bond donors (Lipinski definition) is 2. The molecular weight excluding hydrogens is 358 g/mol. The number of rotatable bonds is 4. The molecule has 2 aromatic rings. The molecule has 6 heteroatoms. The van der Waals surface area contributed by atoms with Crippen molar-refractivity contribution in [1.29, 1.82) is 0 Å². The van der Waals surface area contributed by atoms with Gasteiger partial charge < -0.3 is 5.32 Å². The second-order valence-electron chi connectivity index (χ2n) is 7.90. The van der Waals surface area contributed by atoms with Crippen molar-refractivity contribution in [2.45, 2.75) is 39.0 Å². The molecule has 27 heavy (non-hydrogen) atoms. The molecule has 1 unspecified atom stereocenters. The Morgan fingerprint density at radius 3 is 2.89 bits per heavy atom. The van der Waals surface area contributed by atoms with E-state index in [1.54, 1.807) is 11.3 Å². The first kappa shape index (κ1) is 17.9. The molecule has 1 aliphatic heterocycles. The number of carbonyl (C=O) groups is 2. The molecule has 2 amide bonds. The summed E-state index contributed by atoms with van der Waals surface area (Å²) in [7, 11) is 0. The van der Waals surface area contributed by atoms with Crippen molar-refractivity contribution in [3.8, 4) is 10.4 Å². The van der Waals surface area contributed by atoms with Crippen LogP contribution in [-0.2, 0) is 16.6 Å². The van der Waals surface area contributed by atoms with E-state index < -0.39 is 0 Å². The van der Waals surface area contributed by atoms with Crippen molar-refractivity contribution in [3.05, 3.63) is 46.3 Å². The molecule has 4 rings (SSSR count). The molecule has 2 aliphatic rings. The summed E-state index contributed by atoms with van der Waals surface area (Å²) in [6.07, 6.45) is 1.49. The maximum atomic E-state index is 12.6. The summed E-state index contributed by atoms with van der Waals surface area (Å²) in [5, 5.41) is 6.90. The van der Waals surface area contributed by atoms with Crippen LogP contribution in [0.2, 0.25) is 0 Å². The fraction of sp³-hybridized carbons (Fsp3) is 0.381. The van der Waals surface area contributed by atoms with Gasteiger partial charge in [0, 0.05) is 17.1 Å². The molecule has 1 atom stereocenters. The summed E-state index contributed by atoms with van der Waals surface area (Å²) in [6, 6.07) is 10.5. The first-order valence-electron chi connectivity index (χ1n) is 9.21. The normalized spacial score (nSPS) is 19.7. The van der Waals surface area contributed by atoms with Crippen LogP contribution in [0.3, 0.4) is 0 Å². The van der Waals surface area contributed by atoms with Crippen LogP contribution >= 0.6 is 11.3 Å². The second kappa shape index (κ2) is 6.60. The third-order valence-electron chi connectivity index (χ3n) is 5.45. The van der Waals surface area contributed by atoms with Gasteiger partial charge in [-0.3, -0.25) is 9.59 Å². The Balaban J connectivity index is 1.49. The highest BCUT2D eigenvalue weighted by Crippen LogP contribution is 2.46. The number of amides is 2. The lowest BCUT2D eigenvalue weighted by molar-refractivity contribution is -0.122. The lowest BCUT2D eigenvalue weighted by Crippen LogP contribution is -2.29. The van der Waals surface area contributed by atoms with Gasteiger partial charge in [0.2, 0.25) is 5.91 Å². The molecule has 0 saturated carbocycles. The van der Waals surface area contributed by atoms with Crippen molar-refractivity contribution < 1.29 is 9.59 Å². The van der Waals surface area contributed by atoms with Gasteiger partial charge >= 0.3 is 0 Å². The summed E-state index contributed by atoms with van der Waals surface area (Å²) < 4.78 is 0. The van der Waals surface area contributed by atoms with Gasteiger partial charge in [-0.2, -0.15) is 5.10 Å². The van der Waals surface area contributed by atoms with Gasteiger partial charge in [-0.15, -0.1) is 11.3 Å². The van der Waals surface area contributed by atoms with E-state index in [-0.39, 0.29) is 23.1 Å². The fourth-order valence-electron chi connectivity index (χ4n) is 3.99. The topological polar surface area (TPSA) is 70.6 Å². The van der Waals surface area contributed by atoms with Crippen molar-refractivity contribution in [2.24, 2.45) is 11.0 Å². The molecular formula is C21H23N3O2S. The third kappa shape index (κ3) is 3.18. The number of nitrogens with one attached hydrogen (secondary N) is 2. The third-order valence-corrected chi connectivity index (χ3v) is 6.66. The van der Waals surface area contributed by atoms with Crippen molar-refractivity contribution >= 4 is 28.9 Å². The van der Waals surface area contributed by atoms with Crippen LogP contribution in [0.15, 0.2) is 35.4 Å². The highest BCUT2D eigenvalue weighted by atomic mass is 32.1. The number of benzene rings is 1. The molecule has 0 bridgehead atoms. The molecule has 0 saturated heterocycles. The van der Waals surface area contributed by atoms with E-state index in [9.17, 15) is 9.59 Å². The average molecular weight is 382 g/mol. The number of hydrazone groups is 1. The minimum absolute atomic E-state index is 0.0606. The summed E-state index contributed by atoms with van der Waals surface area (Å²) in [5.41, 5.74) is 7.14. The first-order valence-corrected chi connectivity index (χ1v) is 10.0. The van der Waals surface area contributed by atoms with E-state index in [1.165, 1.54) is 21.6 Å². The Morgan fingerprint density at radius 2 is 2.15 bits per heavy atom. The zero-order valence-corrected chi connectivity index (χ0v) is 16.6. The smallest absolute Gasteiger partial charge is 0.261 e. The predicted octanol–water partition coefficient (Wildman–Crippen LogP) is 3.49. The molecule has 5 nitrogen and oxygen atoms in total. The molecule has 140 valence electrons. The molecule has 2 heterocycles. The lowest BCUT2D eigenvalue weighted by atomic mass is 9.73. The van der Waals surface area contributed by atoms with E-state index in [0.717, 1.165) is 17.0 Å². The minimum atomic E-state index is -0.241. The lowest BCUT2D eigenvalue weighted by Gasteiger charge is -2.32. The van der Waals surface area contributed by atoms with Gasteiger partial charge in [0.25, 0.3) is 5.91 Å². The minimum Gasteiger partial charge on any atom is -0.351 e. The van der Waals surface area contributed by atoms with Crippen molar-refractivity contribution in [1.82, 2.24) is 10.7 Å². The summed E-state index contributed by atoms with van der Waals surface area (Å²) in [6.45, 7) is 6.79. The van der Waals surface area contributed by atoms with E-state index in [4.69, 9.17) is 0 Å². The molecule has 1 aromatic carbocycles. The number of hydrogen-bond acceptors (Lipinski definition) is 4. The number of thiophene rings is 1. The summed E-state index contributed by atoms with van der Waals surface area (Å²) >= 11 is 1.56. The largest absolute Gasteiger partial charge is 0.351 e. The van der Waals surface area contributed by atoms with Crippen molar-refractivity contribution in [3.63, 3.8) is 0 Å². The van der Waals surface area contributed by atoms with Gasteiger partial charge in [0.1, 0.15) is 0 Å². The maximum absolute atomic E-state index is 12.6. The second-order valence-corrected chi connectivity index (χ2v) is 8.95.